The van der Waals surface area contributed by atoms with Crippen LogP contribution in [0, 0.1) is 10.1 Å². The van der Waals surface area contributed by atoms with Gasteiger partial charge in [-0.3, -0.25) is 10.1 Å². The summed E-state index contributed by atoms with van der Waals surface area (Å²) < 4.78 is 23.1. The molecule has 0 saturated heterocycles. The van der Waals surface area contributed by atoms with Crippen molar-refractivity contribution in [3.05, 3.63) is 70.7 Å². The number of nitrogens with zero attached hydrogens (tertiary/aromatic N) is 2. The fraction of sp³-hybridized carbons (Fsp3) is 0.0625. The molecular formula is C16H15N5O4S. The first kappa shape index (κ1) is 17.6. The number of primary sulfonamides is 1. The summed E-state index contributed by atoms with van der Waals surface area (Å²) in [7, 11) is -4.22. The van der Waals surface area contributed by atoms with Crippen LogP contribution >= 0.6 is 0 Å². The van der Waals surface area contributed by atoms with Crippen LogP contribution in [0.15, 0.2) is 59.6 Å². The monoisotopic (exact) mass is 373 g/mol. The molecule has 0 aliphatic rings. The van der Waals surface area contributed by atoms with Crippen LogP contribution in [0.5, 0.6) is 0 Å². The van der Waals surface area contributed by atoms with E-state index in [9.17, 15) is 18.5 Å². The summed E-state index contributed by atoms with van der Waals surface area (Å²) in [6, 6.07) is 13.4. The second kappa shape index (κ2) is 6.94. The second-order valence-corrected chi connectivity index (χ2v) is 6.95. The van der Waals surface area contributed by atoms with Gasteiger partial charge in [-0.25, -0.2) is 18.5 Å². The highest BCUT2D eigenvalue weighted by atomic mass is 32.2. The van der Waals surface area contributed by atoms with Crippen molar-refractivity contribution in [1.29, 1.82) is 0 Å². The van der Waals surface area contributed by atoms with Crippen LogP contribution in [0.25, 0.3) is 11.3 Å². The van der Waals surface area contributed by atoms with E-state index in [1.165, 1.54) is 12.1 Å². The molecule has 0 saturated carbocycles. The summed E-state index contributed by atoms with van der Waals surface area (Å²) in [5, 5.41) is 19.2. The summed E-state index contributed by atoms with van der Waals surface area (Å²) in [6.45, 7) is 0.141. The third-order valence-corrected chi connectivity index (χ3v) is 4.59. The smallest absolute Gasteiger partial charge is 0.312 e. The zero-order valence-corrected chi connectivity index (χ0v) is 14.2. The van der Waals surface area contributed by atoms with E-state index in [1.807, 2.05) is 30.3 Å². The van der Waals surface area contributed by atoms with Crippen LogP contribution in [-0.4, -0.2) is 23.3 Å². The van der Waals surface area contributed by atoms with Gasteiger partial charge < -0.3 is 10.3 Å². The normalized spacial score (nSPS) is 11.3. The molecule has 10 heteroatoms. The fourth-order valence-electron chi connectivity index (χ4n) is 2.48. The Hall–Kier alpha value is -3.24. The molecule has 3 rings (SSSR count). The molecule has 0 bridgehead atoms. The molecule has 0 atom stereocenters. The SMILES string of the molecule is NS(=O)(=O)c1cccc(NCc2ncc(-c3ccccc3)[nH]2)c1[N+](=O)[O-]. The van der Waals surface area contributed by atoms with E-state index < -0.39 is 25.5 Å². The fourth-order valence-corrected chi connectivity index (χ4v) is 3.20. The van der Waals surface area contributed by atoms with E-state index in [2.05, 4.69) is 15.3 Å². The molecule has 0 unspecified atom stereocenters. The van der Waals surface area contributed by atoms with E-state index in [1.54, 1.807) is 6.20 Å². The van der Waals surface area contributed by atoms with Crippen molar-refractivity contribution in [3.63, 3.8) is 0 Å². The van der Waals surface area contributed by atoms with E-state index >= 15 is 0 Å². The minimum absolute atomic E-state index is 0.0409. The van der Waals surface area contributed by atoms with Crippen LogP contribution in [0.4, 0.5) is 11.4 Å². The Bertz CT molecular complexity index is 1050. The molecule has 9 nitrogen and oxygen atoms in total. The van der Waals surface area contributed by atoms with Crippen LogP contribution < -0.4 is 10.5 Å². The standard InChI is InChI=1S/C16H15N5O4S/c17-26(24,25)14-8-4-7-12(16(14)21(22)23)18-10-15-19-9-13(20-15)11-5-2-1-3-6-11/h1-9,18H,10H2,(H,19,20)(H2,17,24,25). The van der Waals surface area contributed by atoms with Gasteiger partial charge in [-0.2, -0.15) is 0 Å². The number of sulfonamides is 1. The number of nitro groups is 1. The Morgan fingerprint density at radius 2 is 1.88 bits per heavy atom. The number of para-hydroxylation sites is 1. The Kier molecular flexibility index (Phi) is 4.69. The van der Waals surface area contributed by atoms with Crippen molar-refractivity contribution in [1.82, 2.24) is 9.97 Å². The molecular weight excluding hydrogens is 358 g/mol. The molecule has 0 fully saturated rings. The number of aromatic nitrogens is 2. The topological polar surface area (TPSA) is 144 Å². The van der Waals surface area contributed by atoms with Gasteiger partial charge in [0.15, 0.2) is 4.90 Å². The van der Waals surface area contributed by atoms with Crippen molar-refractivity contribution in [2.45, 2.75) is 11.4 Å². The quantitative estimate of drug-likeness (QED) is 0.446. The van der Waals surface area contributed by atoms with Gasteiger partial charge in [0, 0.05) is 0 Å². The summed E-state index contributed by atoms with van der Waals surface area (Å²) in [4.78, 5) is 17.3. The lowest BCUT2D eigenvalue weighted by molar-refractivity contribution is -0.386. The number of nitro benzene ring substituents is 1. The number of rotatable bonds is 6. The molecule has 3 aromatic rings. The van der Waals surface area contributed by atoms with E-state index in [4.69, 9.17) is 5.14 Å². The molecule has 0 spiro atoms. The first-order chi connectivity index (χ1) is 12.4. The van der Waals surface area contributed by atoms with Crippen LogP contribution in [0.2, 0.25) is 0 Å². The van der Waals surface area contributed by atoms with Gasteiger partial charge in [0.1, 0.15) is 11.5 Å². The summed E-state index contributed by atoms with van der Waals surface area (Å²) in [6.07, 6.45) is 1.65. The molecule has 134 valence electrons. The zero-order valence-electron chi connectivity index (χ0n) is 13.4. The Morgan fingerprint density at radius 3 is 2.54 bits per heavy atom. The number of hydrogen-bond donors (Lipinski definition) is 3. The third-order valence-electron chi connectivity index (χ3n) is 3.65. The van der Waals surface area contributed by atoms with Gasteiger partial charge in [0.25, 0.3) is 0 Å². The predicted octanol–water partition coefficient (Wildman–Crippen LogP) is 2.24. The zero-order chi connectivity index (χ0) is 18.7. The lowest BCUT2D eigenvalue weighted by Crippen LogP contribution is -2.15. The minimum atomic E-state index is -4.22. The maximum absolute atomic E-state index is 11.6. The number of nitrogens with one attached hydrogen (secondary N) is 2. The molecule has 0 aliphatic heterocycles. The van der Waals surface area contributed by atoms with Gasteiger partial charge in [-0.1, -0.05) is 36.4 Å². The van der Waals surface area contributed by atoms with E-state index in [0.717, 1.165) is 17.3 Å². The molecule has 2 aromatic carbocycles. The molecule has 0 aliphatic carbocycles. The van der Waals surface area contributed by atoms with Crippen LogP contribution in [0.3, 0.4) is 0 Å². The number of H-pyrrole nitrogens is 1. The average Bonchev–Trinajstić information content (AvgIpc) is 3.08. The molecule has 1 heterocycles. The number of hydrogen-bond acceptors (Lipinski definition) is 6. The van der Waals surface area contributed by atoms with E-state index in [-0.39, 0.29) is 12.2 Å². The first-order valence-electron chi connectivity index (χ1n) is 7.49. The van der Waals surface area contributed by atoms with Gasteiger partial charge in [-0.15, -0.1) is 0 Å². The van der Waals surface area contributed by atoms with Crippen molar-refractivity contribution < 1.29 is 13.3 Å². The molecule has 4 N–H and O–H groups in total. The number of aromatic amines is 1. The minimum Gasteiger partial charge on any atom is -0.372 e. The number of anilines is 1. The van der Waals surface area contributed by atoms with Gasteiger partial charge in [0.2, 0.25) is 10.0 Å². The average molecular weight is 373 g/mol. The maximum atomic E-state index is 11.6. The van der Waals surface area contributed by atoms with Crippen LogP contribution in [-0.2, 0) is 16.6 Å². The molecule has 0 radical (unpaired) electrons. The highest BCUT2D eigenvalue weighted by Gasteiger charge is 2.26. The van der Waals surface area contributed by atoms with Crippen molar-refractivity contribution in [2.24, 2.45) is 5.14 Å². The Balaban J connectivity index is 1.85. The Labute approximate surface area is 149 Å². The molecule has 26 heavy (non-hydrogen) atoms. The largest absolute Gasteiger partial charge is 0.372 e. The summed E-state index contributed by atoms with van der Waals surface area (Å²) in [5.74, 6) is 0.541. The maximum Gasteiger partial charge on any atom is 0.312 e. The lowest BCUT2D eigenvalue weighted by Gasteiger charge is -2.08. The summed E-state index contributed by atoms with van der Waals surface area (Å²) in [5.41, 5.74) is 1.20. The van der Waals surface area contributed by atoms with Gasteiger partial charge in [-0.05, 0) is 17.7 Å². The molecule has 1 aromatic heterocycles. The third kappa shape index (κ3) is 3.71. The second-order valence-electron chi connectivity index (χ2n) is 5.42. The highest BCUT2D eigenvalue weighted by Crippen LogP contribution is 2.31. The van der Waals surface area contributed by atoms with Crippen molar-refractivity contribution in [3.8, 4) is 11.3 Å². The lowest BCUT2D eigenvalue weighted by atomic mass is 10.2. The predicted molar refractivity (Wildman–Crippen MR) is 95.8 cm³/mol. The highest BCUT2D eigenvalue weighted by molar-refractivity contribution is 7.89. The number of nitrogens with two attached hydrogens (primary N) is 1. The van der Waals surface area contributed by atoms with Crippen LogP contribution in [0.1, 0.15) is 5.82 Å². The van der Waals surface area contributed by atoms with Crippen molar-refractivity contribution in [2.75, 3.05) is 5.32 Å². The van der Waals surface area contributed by atoms with E-state index in [0.29, 0.717) is 5.82 Å². The number of benzene rings is 2. The molecule has 0 amide bonds. The Morgan fingerprint density at radius 1 is 1.15 bits per heavy atom. The number of imidazole rings is 1. The van der Waals surface area contributed by atoms with Crippen molar-refractivity contribution >= 4 is 21.4 Å². The summed E-state index contributed by atoms with van der Waals surface area (Å²) >= 11 is 0. The van der Waals surface area contributed by atoms with Gasteiger partial charge >= 0.3 is 5.69 Å². The first-order valence-corrected chi connectivity index (χ1v) is 9.04. The van der Waals surface area contributed by atoms with Gasteiger partial charge in [0.05, 0.1) is 23.4 Å².